The molecule has 0 spiro atoms. The monoisotopic (exact) mass is 200 g/mol. The van der Waals surface area contributed by atoms with Crippen LogP contribution >= 0.6 is 0 Å². The summed E-state index contributed by atoms with van der Waals surface area (Å²) in [5, 5.41) is 0. The number of aromatic amines is 1. The van der Waals surface area contributed by atoms with Crippen LogP contribution < -0.4 is 11.2 Å². The van der Waals surface area contributed by atoms with Gasteiger partial charge in [0.25, 0.3) is 5.56 Å². The number of nitrogens with zero attached hydrogens (tertiary/aromatic N) is 1. The van der Waals surface area contributed by atoms with E-state index in [1.165, 1.54) is 6.20 Å². The first kappa shape index (κ1) is 9.14. The molecule has 0 radical (unpaired) electrons. The lowest BCUT2D eigenvalue weighted by Gasteiger charge is -2.14. The Hall–Kier alpha value is -1.43. The number of hydrogen-bond acceptors (Lipinski definition) is 3. The van der Waals surface area contributed by atoms with E-state index in [0.717, 1.165) is 10.6 Å². The van der Waals surface area contributed by atoms with Crippen molar-refractivity contribution < 1.29 is 9.13 Å². The zero-order valence-corrected chi connectivity index (χ0v) is 7.27. The van der Waals surface area contributed by atoms with E-state index in [1.54, 1.807) is 0 Å². The van der Waals surface area contributed by atoms with Gasteiger partial charge in [-0.2, -0.15) is 0 Å². The minimum Gasteiger partial charge on any atom is -0.355 e. The van der Waals surface area contributed by atoms with Gasteiger partial charge < -0.3 is 4.74 Å². The number of alkyl halides is 1. The Kier molecular flexibility index (Phi) is 2.20. The maximum atomic E-state index is 13.2. The van der Waals surface area contributed by atoms with E-state index >= 15 is 0 Å². The number of ether oxygens (including phenoxy) is 1. The molecule has 14 heavy (non-hydrogen) atoms. The lowest BCUT2D eigenvalue weighted by Crippen LogP contribution is -2.33. The molecule has 0 bridgehead atoms. The van der Waals surface area contributed by atoms with Gasteiger partial charge >= 0.3 is 5.69 Å². The van der Waals surface area contributed by atoms with Gasteiger partial charge in [0.05, 0.1) is 6.61 Å². The topological polar surface area (TPSA) is 64.1 Å². The summed E-state index contributed by atoms with van der Waals surface area (Å²) < 4.78 is 19.3. The van der Waals surface area contributed by atoms with Gasteiger partial charge in [-0.1, -0.05) is 0 Å². The minimum atomic E-state index is -1.20. The van der Waals surface area contributed by atoms with Gasteiger partial charge in [-0.3, -0.25) is 14.3 Å². The molecule has 0 unspecified atom stereocenters. The molecule has 2 rings (SSSR count). The third-order valence-electron chi connectivity index (χ3n) is 2.12. The van der Waals surface area contributed by atoms with E-state index in [1.807, 2.05) is 4.98 Å². The molecule has 0 aromatic carbocycles. The quantitative estimate of drug-likeness (QED) is 0.682. The zero-order chi connectivity index (χ0) is 10.1. The number of rotatable bonds is 1. The van der Waals surface area contributed by atoms with Crippen molar-refractivity contribution >= 4 is 0 Å². The van der Waals surface area contributed by atoms with Gasteiger partial charge in [-0.15, -0.1) is 0 Å². The van der Waals surface area contributed by atoms with Crippen LogP contribution in [-0.2, 0) is 4.74 Å². The van der Waals surface area contributed by atoms with E-state index in [9.17, 15) is 14.0 Å². The molecule has 2 atom stereocenters. The second-order valence-corrected chi connectivity index (χ2v) is 3.08. The molecule has 5 nitrogen and oxygen atoms in total. The second-order valence-electron chi connectivity index (χ2n) is 3.08. The van der Waals surface area contributed by atoms with Gasteiger partial charge in [0.2, 0.25) is 0 Å². The first-order valence-electron chi connectivity index (χ1n) is 4.25. The fourth-order valence-electron chi connectivity index (χ4n) is 1.43. The average Bonchev–Trinajstić information content (AvgIpc) is 2.52. The average molecular weight is 200 g/mol. The molecule has 1 aromatic heterocycles. The summed E-state index contributed by atoms with van der Waals surface area (Å²) in [4.78, 5) is 24.0. The molecule has 0 amide bonds. The molecular weight excluding hydrogens is 191 g/mol. The molecule has 0 aliphatic carbocycles. The maximum Gasteiger partial charge on any atom is 0.330 e. The molecule has 0 saturated carbocycles. The number of hydrogen-bond donors (Lipinski definition) is 1. The Morgan fingerprint density at radius 1 is 1.57 bits per heavy atom. The predicted octanol–water partition coefficient (Wildman–Crippen LogP) is -0.206. The van der Waals surface area contributed by atoms with Gasteiger partial charge in [0, 0.05) is 18.7 Å². The third kappa shape index (κ3) is 1.48. The van der Waals surface area contributed by atoms with Crippen LogP contribution in [0.5, 0.6) is 0 Å². The van der Waals surface area contributed by atoms with Gasteiger partial charge in [0.1, 0.15) is 6.17 Å². The smallest absolute Gasteiger partial charge is 0.330 e. The van der Waals surface area contributed by atoms with Gasteiger partial charge in [0.15, 0.2) is 6.23 Å². The lowest BCUT2D eigenvalue weighted by molar-refractivity contribution is 0.0178. The van der Waals surface area contributed by atoms with Crippen LogP contribution in [-0.4, -0.2) is 22.3 Å². The zero-order valence-electron chi connectivity index (χ0n) is 7.27. The van der Waals surface area contributed by atoms with Crippen molar-refractivity contribution in [1.82, 2.24) is 9.55 Å². The highest BCUT2D eigenvalue weighted by Crippen LogP contribution is 2.24. The fraction of sp³-hybridized carbons (Fsp3) is 0.500. The Bertz CT molecular complexity index is 439. The van der Waals surface area contributed by atoms with E-state index in [0.29, 0.717) is 0 Å². The van der Waals surface area contributed by atoms with Gasteiger partial charge in [-0.25, -0.2) is 9.18 Å². The lowest BCUT2D eigenvalue weighted by atomic mass is 10.3. The van der Waals surface area contributed by atoms with Crippen LogP contribution in [0.25, 0.3) is 0 Å². The van der Waals surface area contributed by atoms with Crippen molar-refractivity contribution in [2.45, 2.75) is 18.8 Å². The van der Waals surface area contributed by atoms with E-state index in [-0.39, 0.29) is 13.0 Å². The number of halogens is 1. The predicted molar refractivity (Wildman–Crippen MR) is 45.8 cm³/mol. The Morgan fingerprint density at radius 2 is 2.36 bits per heavy atom. The SMILES string of the molecule is O=c1ccn([C@@H]2OCC[C@@H]2F)c(=O)[nH]1. The van der Waals surface area contributed by atoms with E-state index < -0.39 is 23.6 Å². The molecule has 1 saturated heterocycles. The molecule has 6 heteroatoms. The molecule has 1 aromatic rings. The first-order valence-corrected chi connectivity index (χ1v) is 4.25. The van der Waals surface area contributed by atoms with Crippen LogP contribution in [0.1, 0.15) is 12.6 Å². The van der Waals surface area contributed by atoms with E-state index in [2.05, 4.69) is 0 Å². The normalized spacial score (nSPS) is 26.6. The van der Waals surface area contributed by atoms with Crippen molar-refractivity contribution in [2.75, 3.05) is 6.61 Å². The third-order valence-corrected chi connectivity index (χ3v) is 2.12. The highest BCUT2D eigenvalue weighted by Gasteiger charge is 2.30. The van der Waals surface area contributed by atoms with Crippen molar-refractivity contribution in [2.24, 2.45) is 0 Å². The fourth-order valence-corrected chi connectivity index (χ4v) is 1.43. The molecule has 2 heterocycles. The summed E-state index contributed by atoms with van der Waals surface area (Å²) in [6.45, 7) is 0.289. The molecule has 76 valence electrons. The second kappa shape index (κ2) is 3.38. The van der Waals surface area contributed by atoms with Crippen molar-refractivity contribution in [3.05, 3.63) is 33.1 Å². The number of nitrogens with one attached hydrogen (secondary N) is 1. The van der Waals surface area contributed by atoms with Crippen molar-refractivity contribution in [1.29, 1.82) is 0 Å². The molecule has 1 N–H and O–H groups in total. The molecule has 1 aliphatic heterocycles. The molecular formula is C8H9FN2O3. The summed E-state index contributed by atoms with van der Waals surface area (Å²) in [7, 11) is 0. The number of H-pyrrole nitrogens is 1. The van der Waals surface area contributed by atoms with Gasteiger partial charge in [-0.05, 0) is 0 Å². The Morgan fingerprint density at radius 3 is 2.93 bits per heavy atom. The van der Waals surface area contributed by atoms with Crippen LogP contribution in [0.2, 0.25) is 0 Å². The summed E-state index contributed by atoms with van der Waals surface area (Å²) >= 11 is 0. The molecule has 1 fully saturated rings. The number of aromatic nitrogens is 2. The largest absolute Gasteiger partial charge is 0.355 e. The highest BCUT2D eigenvalue weighted by atomic mass is 19.1. The van der Waals surface area contributed by atoms with Crippen LogP contribution in [0.15, 0.2) is 21.9 Å². The highest BCUT2D eigenvalue weighted by molar-refractivity contribution is 4.87. The van der Waals surface area contributed by atoms with Crippen LogP contribution in [0, 0.1) is 0 Å². The van der Waals surface area contributed by atoms with E-state index in [4.69, 9.17) is 4.74 Å². The summed E-state index contributed by atoms with van der Waals surface area (Å²) in [5.74, 6) is 0. The standard InChI is InChI=1S/C8H9FN2O3/c9-5-2-4-14-7(5)11-3-1-6(12)10-8(11)13/h1,3,5,7H,2,4H2,(H,10,12,13)/t5-,7+/m0/s1. The Balaban J connectivity index is 2.41. The first-order chi connectivity index (χ1) is 6.68. The van der Waals surface area contributed by atoms with Crippen LogP contribution in [0.4, 0.5) is 4.39 Å². The maximum absolute atomic E-state index is 13.2. The van der Waals surface area contributed by atoms with Crippen molar-refractivity contribution in [3.8, 4) is 0 Å². The summed E-state index contributed by atoms with van der Waals surface area (Å²) in [6, 6.07) is 1.16. The van der Waals surface area contributed by atoms with Crippen molar-refractivity contribution in [3.63, 3.8) is 0 Å². The molecule has 1 aliphatic rings. The van der Waals surface area contributed by atoms with Crippen LogP contribution in [0.3, 0.4) is 0 Å². The summed E-state index contributed by atoms with van der Waals surface area (Å²) in [5.41, 5.74) is -1.15. The summed E-state index contributed by atoms with van der Waals surface area (Å²) in [6.07, 6.45) is -0.585. The Labute approximate surface area is 78.1 Å². The minimum absolute atomic E-state index is 0.274.